The summed E-state index contributed by atoms with van der Waals surface area (Å²) in [6.07, 6.45) is 0. The van der Waals surface area contributed by atoms with E-state index >= 15 is 0 Å². The standard InChI is InChI=1S/C12H15NO4S/c1-8-6-13(18(16,17)7-8)11-9(2)4-3-5-10(11)12(14)15/h3-5,8H,6-7H2,1-2H3,(H,14,15). The molecule has 0 amide bonds. The average Bonchev–Trinajstić information content (AvgIpc) is 2.51. The van der Waals surface area contributed by atoms with Crippen molar-refractivity contribution in [2.24, 2.45) is 5.92 Å². The minimum Gasteiger partial charge on any atom is -0.478 e. The van der Waals surface area contributed by atoms with Crippen LogP contribution >= 0.6 is 0 Å². The van der Waals surface area contributed by atoms with E-state index in [0.29, 0.717) is 17.8 Å². The van der Waals surface area contributed by atoms with Crippen LogP contribution in [0.25, 0.3) is 0 Å². The van der Waals surface area contributed by atoms with Gasteiger partial charge < -0.3 is 5.11 Å². The van der Waals surface area contributed by atoms with Crippen LogP contribution in [-0.2, 0) is 10.0 Å². The highest BCUT2D eigenvalue weighted by atomic mass is 32.2. The molecule has 1 saturated heterocycles. The Morgan fingerprint density at radius 3 is 2.61 bits per heavy atom. The molecule has 1 aromatic rings. The van der Waals surface area contributed by atoms with Gasteiger partial charge in [0.1, 0.15) is 0 Å². The van der Waals surface area contributed by atoms with Crippen molar-refractivity contribution in [3.8, 4) is 0 Å². The van der Waals surface area contributed by atoms with Crippen LogP contribution in [0.5, 0.6) is 0 Å². The summed E-state index contributed by atoms with van der Waals surface area (Å²) >= 11 is 0. The zero-order valence-corrected chi connectivity index (χ0v) is 11.1. The third-order valence-corrected chi connectivity index (χ3v) is 5.02. The van der Waals surface area contributed by atoms with E-state index in [9.17, 15) is 13.2 Å². The van der Waals surface area contributed by atoms with E-state index in [0.717, 1.165) is 0 Å². The van der Waals surface area contributed by atoms with Crippen molar-refractivity contribution in [2.75, 3.05) is 16.6 Å². The summed E-state index contributed by atoms with van der Waals surface area (Å²) in [5, 5.41) is 9.17. The second-order valence-corrected chi connectivity index (χ2v) is 6.63. The molecule has 2 rings (SSSR count). The lowest BCUT2D eigenvalue weighted by Crippen LogP contribution is -2.28. The molecular weight excluding hydrogens is 254 g/mol. The van der Waals surface area contributed by atoms with Gasteiger partial charge in [-0.3, -0.25) is 4.31 Å². The van der Waals surface area contributed by atoms with Crippen LogP contribution in [0, 0.1) is 12.8 Å². The minimum absolute atomic E-state index is 0.0104. The zero-order chi connectivity index (χ0) is 13.5. The van der Waals surface area contributed by atoms with Gasteiger partial charge in [-0.05, 0) is 24.5 Å². The normalized spacial score (nSPS) is 22.1. The first-order valence-electron chi connectivity index (χ1n) is 5.66. The highest BCUT2D eigenvalue weighted by Gasteiger charge is 2.36. The number of benzene rings is 1. The molecule has 1 fully saturated rings. The van der Waals surface area contributed by atoms with Gasteiger partial charge in [0.25, 0.3) is 0 Å². The molecular formula is C12H15NO4S. The van der Waals surface area contributed by atoms with E-state index in [1.165, 1.54) is 10.4 Å². The quantitative estimate of drug-likeness (QED) is 0.882. The Morgan fingerprint density at radius 2 is 2.11 bits per heavy atom. The molecule has 1 aromatic carbocycles. The number of rotatable bonds is 2. The van der Waals surface area contributed by atoms with Crippen molar-refractivity contribution in [2.45, 2.75) is 13.8 Å². The molecule has 1 aliphatic rings. The van der Waals surface area contributed by atoms with Crippen molar-refractivity contribution in [3.05, 3.63) is 29.3 Å². The first kappa shape index (κ1) is 12.9. The predicted molar refractivity (Wildman–Crippen MR) is 68.4 cm³/mol. The average molecular weight is 269 g/mol. The summed E-state index contributed by atoms with van der Waals surface area (Å²) in [6, 6.07) is 4.78. The van der Waals surface area contributed by atoms with Crippen LogP contribution in [0.4, 0.5) is 5.69 Å². The molecule has 0 aromatic heterocycles. The number of carbonyl (C=O) groups is 1. The van der Waals surface area contributed by atoms with Gasteiger partial charge in [0.15, 0.2) is 0 Å². The number of sulfonamides is 1. The molecule has 0 bridgehead atoms. The Bertz CT molecular complexity index is 594. The summed E-state index contributed by atoms with van der Waals surface area (Å²) in [4.78, 5) is 11.2. The van der Waals surface area contributed by atoms with E-state index < -0.39 is 16.0 Å². The van der Waals surface area contributed by atoms with Gasteiger partial charge in [0.2, 0.25) is 10.0 Å². The Balaban J connectivity index is 2.61. The van der Waals surface area contributed by atoms with Crippen molar-refractivity contribution in [1.82, 2.24) is 0 Å². The van der Waals surface area contributed by atoms with Gasteiger partial charge in [-0.15, -0.1) is 0 Å². The van der Waals surface area contributed by atoms with E-state index in [1.807, 2.05) is 6.92 Å². The molecule has 1 aliphatic heterocycles. The van der Waals surface area contributed by atoms with Crippen LogP contribution in [0.2, 0.25) is 0 Å². The molecule has 98 valence electrons. The number of carboxylic acid groups (broad SMARTS) is 1. The topological polar surface area (TPSA) is 74.7 Å². The van der Waals surface area contributed by atoms with Gasteiger partial charge in [-0.1, -0.05) is 19.1 Å². The molecule has 0 radical (unpaired) electrons. The Kier molecular flexibility index (Phi) is 3.06. The summed E-state index contributed by atoms with van der Waals surface area (Å²) < 4.78 is 25.3. The maximum Gasteiger partial charge on any atom is 0.337 e. The monoisotopic (exact) mass is 269 g/mol. The van der Waals surface area contributed by atoms with Gasteiger partial charge in [0.05, 0.1) is 17.0 Å². The first-order chi connectivity index (χ1) is 8.33. The molecule has 1 unspecified atom stereocenters. The van der Waals surface area contributed by atoms with Gasteiger partial charge >= 0.3 is 5.97 Å². The second-order valence-electron chi connectivity index (χ2n) is 4.69. The van der Waals surface area contributed by atoms with Gasteiger partial charge in [-0.25, -0.2) is 13.2 Å². The summed E-state index contributed by atoms with van der Waals surface area (Å²) in [5.74, 6) is -1.03. The zero-order valence-electron chi connectivity index (χ0n) is 10.3. The third kappa shape index (κ3) is 2.08. The SMILES string of the molecule is Cc1cccc(C(=O)O)c1N1CC(C)CS1(=O)=O. The molecule has 0 aliphatic carbocycles. The number of hydrogen-bond acceptors (Lipinski definition) is 3. The van der Waals surface area contributed by atoms with Crippen LogP contribution in [0.1, 0.15) is 22.8 Å². The highest BCUT2D eigenvalue weighted by Crippen LogP contribution is 2.32. The molecule has 1 atom stereocenters. The number of aromatic carboxylic acids is 1. The van der Waals surface area contributed by atoms with Crippen molar-refractivity contribution >= 4 is 21.7 Å². The number of nitrogens with zero attached hydrogens (tertiary/aromatic N) is 1. The molecule has 18 heavy (non-hydrogen) atoms. The Hall–Kier alpha value is -1.56. The summed E-state index contributed by atoms with van der Waals surface area (Å²) in [6.45, 7) is 3.91. The maximum absolute atomic E-state index is 12.0. The van der Waals surface area contributed by atoms with Crippen molar-refractivity contribution in [3.63, 3.8) is 0 Å². The second kappa shape index (κ2) is 4.28. The fourth-order valence-corrected chi connectivity index (χ4v) is 4.30. The van der Waals surface area contributed by atoms with Crippen molar-refractivity contribution < 1.29 is 18.3 Å². The van der Waals surface area contributed by atoms with Gasteiger partial charge in [-0.2, -0.15) is 0 Å². The third-order valence-electron chi connectivity index (χ3n) is 3.03. The molecule has 0 spiro atoms. The van der Waals surface area contributed by atoms with Gasteiger partial charge in [0, 0.05) is 6.54 Å². The molecule has 5 nitrogen and oxygen atoms in total. The molecule has 1 heterocycles. The van der Waals surface area contributed by atoms with Crippen LogP contribution in [0.15, 0.2) is 18.2 Å². The minimum atomic E-state index is -3.40. The first-order valence-corrected chi connectivity index (χ1v) is 7.27. The maximum atomic E-state index is 12.0. The predicted octanol–water partition coefficient (Wildman–Crippen LogP) is 1.48. The number of anilines is 1. The number of para-hydroxylation sites is 1. The highest BCUT2D eigenvalue weighted by molar-refractivity contribution is 7.93. The van der Waals surface area contributed by atoms with E-state index in [4.69, 9.17) is 5.11 Å². The molecule has 6 heteroatoms. The van der Waals surface area contributed by atoms with Crippen LogP contribution in [-0.4, -0.2) is 31.8 Å². The molecule has 1 N–H and O–H groups in total. The Morgan fingerprint density at radius 1 is 1.44 bits per heavy atom. The van der Waals surface area contributed by atoms with Crippen LogP contribution < -0.4 is 4.31 Å². The number of carboxylic acids is 1. The van der Waals surface area contributed by atoms with Crippen LogP contribution in [0.3, 0.4) is 0 Å². The Labute approximate surface area is 106 Å². The smallest absolute Gasteiger partial charge is 0.337 e. The lowest BCUT2D eigenvalue weighted by Gasteiger charge is -2.21. The largest absolute Gasteiger partial charge is 0.478 e. The van der Waals surface area contributed by atoms with Crippen molar-refractivity contribution in [1.29, 1.82) is 0 Å². The number of hydrogen-bond donors (Lipinski definition) is 1. The van der Waals surface area contributed by atoms with E-state index in [-0.39, 0.29) is 17.2 Å². The molecule has 0 saturated carbocycles. The summed E-state index contributed by atoms with van der Waals surface area (Å²) in [7, 11) is -3.40. The fraction of sp³-hybridized carbons (Fsp3) is 0.417. The lowest BCUT2D eigenvalue weighted by atomic mass is 10.1. The lowest BCUT2D eigenvalue weighted by molar-refractivity contribution is 0.0697. The van der Waals surface area contributed by atoms with E-state index in [2.05, 4.69) is 0 Å². The number of aryl methyl sites for hydroxylation is 1. The summed E-state index contributed by atoms with van der Waals surface area (Å²) in [5.41, 5.74) is 0.995. The van der Waals surface area contributed by atoms with E-state index in [1.54, 1.807) is 19.1 Å². The fourth-order valence-electron chi connectivity index (χ4n) is 2.29.